The summed E-state index contributed by atoms with van der Waals surface area (Å²) in [5, 5.41) is 8.32. The standard InChI is InChI=1S/C13H16ClFO4S/c1-3-4-8(2)7-20(18,19)9-5-10(13(16)17)12(14)11(15)6-9/h5-6,8H,3-4,7H2,1-2H3,(H,16,17). The van der Waals surface area contributed by atoms with Crippen molar-refractivity contribution in [3.63, 3.8) is 0 Å². The van der Waals surface area contributed by atoms with Gasteiger partial charge in [-0.05, 0) is 24.5 Å². The summed E-state index contributed by atoms with van der Waals surface area (Å²) < 4.78 is 37.9. The lowest BCUT2D eigenvalue weighted by atomic mass is 10.1. The Bertz CT molecular complexity index is 613. The fourth-order valence-electron chi connectivity index (χ4n) is 1.95. The molecule has 0 heterocycles. The number of halogens is 2. The topological polar surface area (TPSA) is 71.4 Å². The van der Waals surface area contributed by atoms with E-state index in [1.807, 2.05) is 6.92 Å². The lowest BCUT2D eigenvalue weighted by Crippen LogP contribution is -2.15. The Morgan fingerprint density at radius 1 is 1.45 bits per heavy atom. The van der Waals surface area contributed by atoms with Crippen LogP contribution < -0.4 is 0 Å². The molecule has 0 saturated carbocycles. The molecule has 1 unspecified atom stereocenters. The average molecular weight is 323 g/mol. The second kappa shape index (κ2) is 6.54. The Kier molecular flexibility index (Phi) is 5.53. The van der Waals surface area contributed by atoms with E-state index in [0.717, 1.165) is 25.0 Å². The Labute approximate surface area is 122 Å². The minimum atomic E-state index is -3.74. The van der Waals surface area contributed by atoms with Crippen LogP contribution in [-0.4, -0.2) is 25.2 Å². The van der Waals surface area contributed by atoms with Gasteiger partial charge in [0.2, 0.25) is 0 Å². The minimum absolute atomic E-state index is 0.0861. The first-order valence-corrected chi connectivity index (χ1v) is 8.17. The summed E-state index contributed by atoms with van der Waals surface area (Å²) in [5.41, 5.74) is -0.548. The van der Waals surface area contributed by atoms with Gasteiger partial charge in [-0.25, -0.2) is 17.6 Å². The van der Waals surface area contributed by atoms with Gasteiger partial charge in [-0.3, -0.25) is 0 Å². The normalized spacial score (nSPS) is 13.2. The van der Waals surface area contributed by atoms with Crippen molar-refractivity contribution in [2.24, 2.45) is 5.92 Å². The Morgan fingerprint density at radius 2 is 2.05 bits per heavy atom. The van der Waals surface area contributed by atoms with Gasteiger partial charge < -0.3 is 5.11 Å². The van der Waals surface area contributed by atoms with Crippen LogP contribution in [0.1, 0.15) is 37.0 Å². The van der Waals surface area contributed by atoms with Crippen molar-refractivity contribution in [3.8, 4) is 0 Å². The number of carboxylic acid groups (broad SMARTS) is 1. The van der Waals surface area contributed by atoms with E-state index in [-0.39, 0.29) is 16.6 Å². The molecule has 1 rings (SSSR count). The molecule has 0 aliphatic rings. The van der Waals surface area contributed by atoms with Crippen LogP contribution in [0.5, 0.6) is 0 Å². The van der Waals surface area contributed by atoms with Gasteiger partial charge in [0.15, 0.2) is 9.84 Å². The molecular formula is C13H16ClFO4S. The van der Waals surface area contributed by atoms with Gasteiger partial charge >= 0.3 is 5.97 Å². The largest absolute Gasteiger partial charge is 0.478 e. The summed E-state index contributed by atoms with van der Waals surface area (Å²) in [7, 11) is -3.74. The number of carbonyl (C=O) groups is 1. The first-order chi connectivity index (χ1) is 9.19. The molecule has 4 nitrogen and oxygen atoms in total. The maximum atomic E-state index is 13.6. The third kappa shape index (κ3) is 3.93. The highest BCUT2D eigenvalue weighted by Crippen LogP contribution is 2.26. The van der Waals surface area contributed by atoms with Crippen LogP contribution in [-0.2, 0) is 9.84 Å². The van der Waals surface area contributed by atoms with Gasteiger partial charge in [-0.1, -0.05) is 31.9 Å². The van der Waals surface area contributed by atoms with Crippen molar-refractivity contribution in [1.29, 1.82) is 0 Å². The van der Waals surface area contributed by atoms with Crippen LogP contribution in [0, 0.1) is 11.7 Å². The van der Waals surface area contributed by atoms with Crippen molar-refractivity contribution in [2.75, 3.05) is 5.75 Å². The number of rotatable bonds is 6. The zero-order valence-electron chi connectivity index (χ0n) is 11.2. The summed E-state index contributed by atoms with van der Waals surface area (Å²) in [4.78, 5) is 10.6. The Morgan fingerprint density at radius 3 is 2.55 bits per heavy atom. The van der Waals surface area contributed by atoms with Crippen LogP contribution in [0.15, 0.2) is 17.0 Å². The maximum Gasteiger partial charge on any atom is 0.337 e. The molecule has 1 aromatic carbocycles. The van der Waals surface area contributed by atoms with Crippen molar-refractivity contribution in [2.45, 2.75) is 31.6 Å². The van der Waals surface area contributed by atoms with Gasteiger partial charge in [0.25, 0.3) is 0 Å². The number of sulfone groups is 1. The molecule has 20 heavy (non-hydrogen) atoms. The van der Waals surface area contributed by atoms with E-state index in [4.69, 9.17) is 16.7 Å². The van der Waals surface area contributed by atoms with Crippen molar-refractivity contribution in [3.05, 3.63) is 28.5 Å². The number of aromatic carboxylic acids is 1. The van der Waals surface area contributed by atoms with Crippen LogP contribution in [0.3, 0.4) is 0 Å². The summed E-state index contributed by atoms with van der Waals surface area (Å²) in [6.07, 6.45) is 1.56. The van der Waals surface area contributed by atoms with E-state index < -0.39 is 32.2 Å². The van der Waals surface area contributed by atoms with Crippen LogP contribution >= 0.6 is 11.6 Å². The van der Waals surface area contributed by atoms with E-state index >= 15 is 0 Å². The third-order valence-electron chi connectivity index (χ3n) is 2.88. The molecule has 0 aliphatic heterocycles. The summed E-state index contributed by atoms with van der Waals surface area (Å²) >= 11 is 5.52. The maximum absolute atomic E-state index is 13.6. The molecule has 7 heteroatoms. The van der Waals surface area contributed by atoms with E-state index in [9.17, 15) is 17.6 Å². The monoisotopic (exact) mass is 322 g/mol. The van der Waals surface area contributed by atoms with Gasteiger partial charge in [-0.2, -0.15) is 0 Å². The molecule has 0 fully saturated rings. The highest BCUT2D eigenvalue weighted by atomic mass is 35.5. The number of hydrogen-bond donors (Lipinski definition) is 1. The summed E-state index contributed by atoms with van der Waals surface area (Å²) in [6.45, 7) is 3.72. The fraction of sp³-hybridized carbons (Fsp3) is 0.462. The molecule has 0 bridgehead atoms. The van der Waals surface area contributed by atoms with Gasteiger partial charge in [0.1, 0.15) is 5.82 Å². The van der Waals surface area contributed by atoms with Crippen molar-refractivity contribution >= 4 is 27.4 Å². The van der Waals surface area contributed by atoms with Crippen LogP contribution in [0.4, 0.5) is 4.39 Å². The van der Waals surface area contributed by atoms with Crippen LogP contribution in [0.25, 0.3) is 0 Å². The van der Waals surface area contributed by atoms with E-state index in [1.54, 1.807) is 6.92 Å². The highest BCUT2D eigenvalue weighted by molar-refractivity contribution is 7.91. The molecule has 0 saturated heterocycles. The Hall–Kier alpha value is -1.14. The van der Waals surface area contributed by atoms with Crippen molar-refractivity contribution in [1.82, 2.24) is 0 Å². The summed E-state index contributed by atoms with van der Waals surface area (Å²) in [5.74, 6) is -2.75. The minimum Gasteiger partial charge on any atom is -0.478 e. The zero-order valence-corrected chi connectivity index (χ0v) is 12.8. The third-order valence-corrected chi connectivity index (χ3v) is 5.22. The zero-order chi connectivity index (χ0) is 15.5. The van der Waals surface area contributed by atoms with Crippen LogP contribution in [0.2, 0.25) is 5.02 Å². The SMILES string of the molecule is CCCC(C)CS(=O)(=O)c1cc(F)c(Cl)c(C(=O)O)c1. The number of carboxylic acids is 1. The highest BCUT2D eigenvalue weighted by Gasteiger charge is 2.23. The first kappa shape index (κ1) is 16.9. The molecular weight excluding hydrogens is 307 g/mol. The molecule has 1 aromatic rings. The summed E-state index contributed by atoms with van der Waals surface area (Å²) in [6, 6.07) is 1.67. The van der Waals surface area contributed by atoms with Gasteiger partial charge in [0, 0.05) is 0 Å². The second-order valence-corrected chi connectivity index (χ2v) is 7.16. The molecule has 0 radical (unpaired) electrons. The quantitative estimate of drug-likeness (QED) is 0.871. The number of benzene rings is 1. The average Bonchev–Trinajstić information content (AvgIpc) is 2.31. The molecule has 0 aliphatic carbocycles. The fourth-order valence-corrected chi connectivity index (χ4v) is 3.82. The molecule has 0 aromatic heterocycles. The molecule has 1 atom stereocenters. The number of hydrogen-bond acceptors (Lipinski definition) is 3. The van der Waals surface area contributed by atoms with Crippen molar-refractivity contribution < 1.29 is 22.7 Å². The van der Waals surface area contributed by atoms with Gasteiger partial charge in [0.05, 0.1) is 21.2 Å². The molecule has 0 amide bonds. The first-order valence-electron chi connectivity index (χ1n) is 6.14. The van der Waals surface area contributed by atoms with E-state index in [2.05, 4.69) is 0 Å². The Balaban J connectivity index is 3.22. The van der Waals surface area contributed by atoms with Gasteiger partial charge in [-0.15, -0.1) is 0 Å². The second-order valence-electron chi connectivity index (χ2n) is 4.75. The molecule has 112 valence electrons. The smallest absolute Gasteiger partial charge is 0.337 e. The molecule has 0 spiro atoms. The van der Waals surface area contributed by atoms with E-state index in [1.165, 1.54) is 0 Å². The predicted molar refractivity (Wildman–Crippen MR) is 74.5 cm³/mol. The predicted octanol–water partition coefficient (Wildman–Crippen LogP) is 3.39. The molecule has 1 N–H and O–H groups in total. The lowest BCUT2D eigenvalue weighted by Gasteiger charge is -2.12. The van der Waals surface area contributed by atoms with E-state index in [0.29, 0.717) is 0 Å². The lowest BCUT2D eigenvalue weighted by molar-refractivity contribution is 0.0696.